The van der Waals surface area contributed by atoms with Crippen LogP contribution in [0.2, 0.25) is 0 Å². The summed E-state index contributed by atoms with van der Waals surface area (Å²) in [7, 11) is 0. The van der Waals surface area contributed by atoms with Gasteiger partial charge in [-0.05, 0) is 29.2 Å². The Kier molecular flexibility index (Phi) is 4.32. The summed E-state index contributed by atoms with van der Waals surface area (Å²) in [4.78, 5) is 23.7. The van der Waals surface area contributed by atoms with Crippen LogP contribution in [-0.4, -0.2) is 35.2 Å². The number of carbonyl (C=O) groups excluding carboxylic acids is 1. The zero-order valence-electron chi connectivity index (χ0n) is 13.8. The van der Waals surface area contributed by atoms with Crippen LogP contribution in [0.15, 0.2) is 48.5 Å². The maximum Gasteiger partial charge on any atom is 0.339 e. The van der Waals surface area contributed by atoms with Crippen molar-refractivity contribution in [3.8, 4) is 11.1 Å². The van der Waals surface area contributed by atoms with Crippen LogP contribution in [0.1, 0.15) is 24.0 Å². The van der Waals surface area contributed by atoms with Crippen molar-refractivity contribution in [1.29, 1.82) is 0 Å². The van der Waals surface area contributed by atoms with Crippen LogP contribution >= 0.6 is 0 Å². The predicted molar refractivity (Wildman–Crippen MR) is 92.9 cm³/mol. The molecule has 0 spiro atoms. The number of nitrogens with two attached hydrogens (primary N) is 2. The first-order chi connectivity index (χ1) is 11.9. The number of benzene rings is 2. The first kappa shape index (κ1) is 17.1. The number of carbonyl (C=O) groups is 2. The van der Waals surface area contributed by atoms with Crippen LogP contribution in [0.3, 0.4) is 0 Å². The van der Waals surface area contributed by atoms with Gasteiger partial charge in [0.25, 0.3) is 0 Å². The Morgan fingerprint density at radius 3 is 2.04 bits per heavy atom. The molecule has 5 N–H and O–H groups in total. The van der Waals surface area contributed by atoms with Gasteiger partial charge in [-0.3, -0.25) is 0 Å². The molecular formula is C19H20N2O4. The number of fused-ring (bicyclic) bond motifs is 3. The summed E-state index contributed by atoms with van der Waals surface area (Å²) in [6.45, 7) is 1.38. The minimum absolute atomic E-state index is 0.00576. The maximum absolute atomic E-state index is 12.3. The first-order valence-corrected chi connectivity index (χ1v) is 8.00. The fourth-order valence-electron chi connectivity index (χ4n) is 3.19. The summed E-state index contributed by atoms with van der Waals surface area (Å²) in [5.41, 5.74) is 13.3. The molecule has 2 aromatic carbocycles. The van der Waals surface area contributed by atoms with E-state index in [1.54, 1.807) is 0 Å². The van der Waals surface area contributed by atoms with Crippen molar-refractivity contribution < 1.29 is 19.4 Å². The molecule has 0 aromatic heterocycles. The van der Waals surface area contributed by atoms with Gasteiger partial charge in [0.2, 0.25) is 5.54 Å². The number of aliphatic carboxylic acids is 1. The maximum atomic E-state index is 12.3. The molecule has 1 aliphatic rings. The molecule has 0 amide bonds. The van der Waals surface area contributed by atoms with Crippen LogP contribution in [0, 0.1) is 0 Å². The van der Waals surface area contributed by atoms with Crippen LogP contribution in [-0.2, 0) is 14.3 Å². The quantitative estimate of drug-likeness (QED) is 0.561. The summed E-state index contributed by atoms with van der Waals surface area (Å²) in [5, 5.41) is 9.28. The Morgan fingerprint density at radius 1 is 1.12 bits per heavy atom. The number of esters is 1. The standard InChI is InChI=1S/C19H20N2O4/c1-11(20)19(21,17(22)23)18(24)25-10-16-14-8-4-2-6-12(14)13-7-3-5-9-15(13)16/h2-9,11,16H,10,20-21H2,1H3,(H,22,23). The minimum Gasteiger partial charge on any atom is -0.479 e. The van der Waals surface area contributed by atoms with E-state index in [1.165, 1.54) is 6.92 Å². The summed E-state index contributed by atoms with van der Waals surface area (Å²) in [6, 6.07) is 14.7. The molecule has 130 valence electrons. The summed E-state index contributed by atoms with van der Waals surface area (Å²) in [5.74, 6) is -2.70. The van der Waals surface area contributed by atoms with Crippen LogP contribution in [0.5, 0.6) is 0 Å². The Balaban J connectivity index is 1.87. The molecule has 0 bridgehead atoms. The topological polar surface area (TPSA) is 116 Å². The number of carboxylic acids is 1. The number of ether oxygens (including phenoxy) is 1. The molecule has 6 heteroatoms. The monoisotopic (exact) mass is 340 g/mol. The van der Waals surface area contributed by atoms with E-state index in [0.29, 0.717) is 0 Å². The van der Waals surface area contributed by atoms with Gasteiger partial charge in [-0.1, -0.05) is 48.5 Å². The second-order valence-corrected chi connectivity index (χ2v) is 6.29. The van der Waals surface area contributed by atoms with Gasteiger partial charge in [0.15, 0.2) is 0 Å². The number of hydrogen-bond acceptors (Lipinski definition) is 5. The highest BCUT2D eigenvalue weighted by Gasteiger charge is 2.48. The lowest BCUT2D eigenvalue weighted by molar-refractivity contribution is -0.162. The molecule has 25 heavy (non-hydrogen) atoms. The third-order valence-corrected chi connectivity index (χ3v) is 4.75. The van der Waals surface area contributed by atoms with E-state index in [9.17, 15) is 14.7 Å². The van der Waals surface area contributed by atoms with E-state index in [4.69, 9.17) is 16.2 Å². The van der Waals surface area contributed by atoms with Crippen LogP contribution in [0.4, 0.5) is 0 Å². The van der Waals surface area contributed by atoms with Crippen molar-refractivity contribution in [1.82, 2.24) is 0 Å². The molecule has 6 nitrogen and oxygen atoms in total. The van der Waals surface area contributed by atoms with E-state index >= 15 is 0 Å². The second kappa shape index (κ2) is 6.31. The molecule has 2 aromatic rings. The van der Waals surface area contributed by atoms with E-state index in [1.807, 2.05) is 48.5 Å². The summed E-state index contributed by atoms with van der Waals surface area (Å²) < 4.78 is 5.30. The normalized spacial score (nSPS) is 16.4. The lowest BCUT2D eigenvalue weighted by Gasteiger charge is -2.27. The molecule has 0 saturated carbocycles. The molecule has 1 aliphatic carbocycles. The van der Waals surface area contributed by atoms with Gasteiger partial charge in [-0.2, -0.15) is 0 Å². The highest BCUT2D eigenvalue weighted by atomic mass is 16.5. The van der Waals surface area contributed by atoms with Gasteiger partial charge in [0, 0.05) is 12.0 Å². The Morgan fingerprint density at radius 2 is 1.60 bits per heavy atom. The number of carboxylic acid groups (broad SMARTS) is 1. The molecule has 0 aliphatic heterocycles. The van der Waals surface area contributed by atoms with Crippen molar-refractivity contribution in [3.05, 3.63) is 59.7 Å². The Labute approximate surface area is 145 Å². The molecule has 3 rings (SSSR count). The average molecular weight is 340 g/mol. The molecule has 2 atom stereocenters. The lowest BCUT2D eigenvalue weighted by atomic mass is 9.93. The zero-order valence-corrected chi connectivity index (χ0v) is 13.8. The SMILES string of the molecule is CC(N)C(N)(C(=O)O)C(=O)OCC1c2ccccc2-c2ccccc21. The van der Waals surface area contributed by atoms with E-state index in [2.05, 4.69) is 0 Å². The zero-order chi connectivity index (χ0) is 18.2. The molecule has 2 unspecified atom stereocenters. The van der Waals surface area contributed by atoms with Gasteiger partial charge in [0.05, 0.1) is 0 Å². The first-order valence-electron chi connectivity index (χ1n) is 8.00. The number of rotatable bonds is 5. The van der Waals surface area contributed by atoms with Crippen molar-refractivity contribution in [2.24, 2.45) is 11.5 Å². The van der Waals surface area contributed by atoms with Gasteiger partial charge >= 0.3 is 11.9 Å². The molecule has 0 radical (unpaired) electrons. The summed E-state index contributed by atoms with van der Waals surface area (Å²) >= 11 is 0. The Bertz CT molecular complexity index is 788. The summed E-state index contributed by atoms with van der Waals surface area (Å²) in [6.07, 6.45) is 0. The fraction of sp³-hybridized carbons (Fsp3) is 0.263. The van der Waals surface area contributed by atoms with Crippen LogP contribution in [0.25, 0.3) is 11.1 Å². The van der Waals surface area contributed by atoms with Crippen LogP contribution < -0.4 is 11.5 Å². The highest BCUT2D eigenvalue weighted by Crippen LogP contribution is 2.44. The average Bonchev–Trinajstić information content (AvgIpc) is 2.92. The number of hydrogen-bond donors (Lipinski definition) is 3. The second-order valence-electron chi connectivity index (χ2n) is 6.29. The smallest absolute Gasteiger partial charge is 0.339 e. The minimum atomic E-state index is -2.27. The van der Waals surface area contributed by atoms with E-state index in [0.717, 1.165) is 22.3 Å². The largest absolute Gasteiger partial charge is 0.479 e. The van der Waals surface area contributed by atoms with Gasteiger partial charge in [-0.15, -0.1) is 0 Å². The van der Waals surface area contributed by atoms with Crippen molar-refractivity contribution >= 4 is 11.9 Å². The Hall–Kier alpha value is -2.70. The molecular weight excluding hydrogens is 320 g/mol. The molecule has 0 fully saturated rings. The van der Waals surface area contributed by atoms with E-state index < -0.39 is 23.5 Å². The van der Waals surface area contributed by atoms with E-state index in [-0.39, 0.29) is 12.5 Å². The van der Waals surface area contributed by atoms with Gasteiger partial charge in [0.1, 0.15) is 6.61 Å². The van der Waals surface area contributed by atoms with Crippen molar-refractivity contribution in [3.63, 3.8) is 0 Å². The highest BCUT2D eigenvalue weighted by molar-refractivity contribution is 6.04. The van der Waals surface area contributed by atoms with Gasteiger partial charge < -0.3 is 21.3 Å². The fourth-order valence-corrected chi connectivity index (χ4v) is 3.19. The molecule has 0 heterocycles. The third kappa shape index (κ3) is 2.69. The third-order valence-electron chi connectivity index (χ3n) is 4.75. The van der Waals surface area contributed by atoms with Crippen molar-refractivity contribution in [2.75, 3.05) is 6.61 Å². The molecule has 0 saturated heterocycles. The van der Waals surface area contributed by atoms with Gasteiger partial charge in [-0.25, -0.2) is 9.59 Å². The van der Waals surface area contributed by atoms with Crippen molar-refractivity contribution in [2.45, 2.75) is 24.4 Å². The predicted octanol–water partition coefficient (Wildman–Crippen LogP) is 1.47. The lowest BCUT2D eigenvalue weighted by Crippen LogP contribution is -2.65.